The molecule has 0 aliphatic rings. The summed E-state index contributed by atoms with van der Waals surface area (Å²) >= 11 is 0. The average molecular weight is 326 g/mol. The molecular weight excluding hydrogens is 306 g/mol. The zero-order valence-corrected chi connectivity index (χ0v) is 13.9. The Kier molecular flexibility index (Phi) is 8.20. The van der Waals surface area contributed by atoms with E-state index < -0.39 is 0 Å². The van der Waals surface area contributed by atoms with Crippen molar-refractivity contribution in [3.8, 4) is 17.2 Å². The monoisotopic (exact) mass is 326 g/mol. The summed E-state index contributed by atoms with van der Waals surface area (Å²) in [6.45, 7) is 2.56. The Morgan fingerprint density at radius 3 is 2.04 bits per heavy atom. The van der Waals surface area contributed by atoms with Crippen molar-refractivity contribution in [3.63, 3.8) is 0 Å². The Morgan fingerprint density at radius 2 is 1.57 bits per heavy atom. The predicted molar refractivity (Wildman–Crippen MR) is 96.6 cm³/mol. The van der Waals surface area contributed by atoms with Crippen LogP contribution in [0.5, 0.6) is 17.2 Å². The van der Waals surface area contributed by atoms with E-state index in [1.807, 2.05) is 31.2 Å². The second-order valence-electron chi connectivity index (χ2n) is 4.45. The van der Waals surface area contributed by atoms with Gasteiger partial charge in [-0.05, 0) is 45.1 Å². The molecular formula is C17H20LiO4P. The van der Waals surface area contributed by atoms with E-state index in [-0.39, 0.29) is 33.0 Å². The van der Waals surface area contributed by atoms with E-state index >= 15 is 0 Å². The number of carbonyl (C=O) groups excluding carboxylic acids is 1. The third kappa shape index (κ3) is 5.01. The Balaban J connectivity index is 0.00000264. The van der Waals surface area contributed by atoms with Gasteiger partial charge in [0.15, 0.2) is 5.52 Å². The van der Waals surface area contributed by atoms with Crippen LogP contribution in [0.25, 0.3) is 0 Å². The minimum atomic E-state index is -0.0153. The molecule has 0 bridgehead atoms. The summed E-state index contributed by atoms with van der Waals surface area (Å²) < 4.78 is 16.0. The van der Waals surface area contributed by atoms with Crippen molar-refractivity contribution in [2.24, 2.45) is 0 Å². The number of rotatable bonds is 7. The molecule has 0 N–H and O–H groups in total. The van der Waals surface area contributed by atoms with Crippen LogP contribution in [-0.2, 0) is 0 Å². The van der Waals surface area contributed by atoms with Gasteiger partial charge in [-0.2, -0.15) is 0 Å². The zero-order valence-electron chi connectivity index (χ0n) is 12.9. The third-order valence-corrected chi connectivity index (χ3v) is 4.18. The summed E-state index contributed by atoms with van der Waals surface area (Å²) in [6, 6.07) is 12.9. The van der Waals surface area contributed by atoms with Crippen molar-refractivity contribution in [2.75, 3.05) is 20.8 Å². The van der Waals surface area contributed by atoms with E-state index in [1.165, 1.54) is 0 Å². The second-order valence-corrected chi connectivity index (χ2v) is 5.73. The molecule has 0 radical (unpaired) electrons. The molecule has 1 unspecified atom stereocenters. The summed E-state index contributed by atoms with van der Waals surface area (Å²) in [5.74, 6) is 1.86. The number of methoxy groups -OCH3 is 2. The van der Waals surface area contributed by atoms with Gasteiger partial charge >= 0.3 is 18.9 Å². The summed E-state index contributed by atoms with van der Waals surface area (Å²) in [5, 5.41) is 0.946. The minimum absolute atomic E-state index is 0. The van der Waals surface area contributed by atoms with Crippen LogP contribution in [0, 0.1) is 0 Å². The Hall–Kier alpha value is -1.46. The fourth-order valence-electron chi connectivity index (χ4n) is 2.07. The molecule has 2 aromatic rings. The zero-order chi connectivity index (χ0) is 15.9. The van der Waals surface area contributed by atoms with Gasteiger partial charge in [-0.1, -0.05) is 18.2 Å². The van der Waals surface area contributed by atoms with Gasteiger partial charge < -0.3 is 14.2 Å². The molecule has 0 amide bonds. The van der Waals surface area contributed by atoms with Crippen LogP contribution >= 0.6 is 8.58 Å². The van der Waals surface area contributed by atoms with E-state index in [4.69, 9.17) is 14.2 Å². The molecule has 0 saturated heterocycles. The molecule has 1 atom stereocenters. The van der Waals surface area contributed by atoms with E-state index in [0.29, 0.717) is 23.7 Å². The van der Waals surface area contributed by atoms with Crippen LogP contribution in [0.15, 0.2) is 42.5 Å². The SMILES string of the molecule is CCOc1ccc(PC(=O)c2c(OC)cccc2OC)cc1.[LiH]. The first-order valence-corrected chi connectivity index (χ1v) is 7.94. The molecule has 6 heteroatoms. The van der Waals surface area contributed by atoms with E-state index in [2.05, 4.69) is 0 Å². The quantitative estimate of drug-likeness (QED) is 0.579. The Labute approximate surface area is 150 Å². The first kappa shape index (κ1) is 19.6. The van der Waals surface area contributed by atoms with Crippen molar-refractivity contribution < 1.29 is 19.0 Å². The molecule has 118 valence electrons. The van der Waals surface area contributed by atoms with Gasteiger partial charge in [-0.15, -0.1) is 0 Å². The molecule has 2 aromatic carbocycles. The van der Waals surface area contributed by atoms with Crippen LogP contribution in [-0.4, -0.2) is 45.2 Å². The molecule has 0 aromatic heterocycles. The van der Waals surface area contributed by atoms with E-state index in [0.717, 1.165) is 11.1 Å². The number of benzene rings is 2. The van der Waals surface area contributed by atoms with Gasteiger partial charge in [0.05, 0.1) is 20.8 Å². The van der Waals surface area contributed by atoms with Crippen LogP contribution < -0.4 is 19.5 Å². The Bertz CT molecular complexity index is 621. The van der Waals surface area contributed by atoms with Gasteiger partial charge in [0, 0.05) is 0 Å². The first-order chi connectivity index (χ1) is 10.7. The molecule has 0 fully saturated rings. The van der Waals surface area contributed by atoms with Crippen LogP contribution in [0.3, 0.4) is 0 Å². The maximum absolute atomic E-state index is 12.6. The maximum atomic E-state index is 12.6. The molecule has 0 heterocycles. The summed E-state index contributed by atoms with van der Waals surface area (Å²) in [6.07, 6.45) is 0. The molecule has 2 rings (SSSR count). The Morgan fingerprint density at radius 1 is 1.00 bits per heavy atom. The molecule has 0 aliphatic carbocycles. The van der Waals surface area contributed by atoms with Gasteiger partial charge in [0.1, 0.15) is 22.8 Å². The van der Waals surface area contributed by atoms with Crippen LogP contribution in [0.1, 0.15) is 17.3 Å². The topological polar surface area (TPSA) is 44.8 Å². The van der Waals surface area contributed by atoms with Crippen molar-refractivity contribution >= 4 is 38.3 Å². The van der Waals surface area contributed by atoms with Crippen molar-refractivity contribution in [1.82, 2.24) is 0 Å². The standard InChI is InChI=1S/C17H19O4P.Li.H/c1-4-21-12-8-10-13(11-9-12)22-17(18)16-14(19-2)6-5-7-15(16)20-3;;/h5-11,22H,4H2,1-3H3;;. The summed E-state index contributed by atoms with van der Waals surface area (Å²) in [4.78, 5) is 12.6. The summed E-state index contributed by atoms with van der Waals surface area (Å²) in [7, 11) is 3.09. The van der Waals surface area contributed by atoms with Crippen molar-refractivity contribution in [3.05, 3.63) is 48.0 Å². The van der Waals surface area contributed by atoms with Crippen molar-refractivity contribution in [1.29, 1.82) is 0 Å². The molecule has 0 spiro atoms. The average Bonchev–Trinajstić information content (AvgIpc) is 2.56. The van der Waals surface area contributed by atoms with E-state index in [1.54, 1.807) is 32.4 Å². The van der Waals surface area contributed by atoms with Crippen molar-refractivity contribution in [2.45, 2.75) is 6.92 Å². The molecule has 0 aliphatic heterocycles. The second kappa shape index (κ2) is 9.63. The van der Waals surface area contributed by atoms with E-state index in [9.17, 15) is 4.79 Å². The molecule has 0 saturated carbocycles. The third-order valence-electron chi connectivity index (χ3n) is 3.08. The fraction of sp³-hybridized carbons (Fsp3) is 0.235. The molecule has 4 nitrogen and oxygen atoms in total. The number of ether oxygens (including phenoxy) is 3. The van der Waals surface area contributed by atoms with Crippen LogP contribution in [0.4, 0.5) is 0 Å². The van der Waals surface area contributed by atoms with Gasteiger partial charge in [-0.3, -0.25) is 4.79 Å². The first-order valence-electron chi connectivity index (χ1n) is 6.94. The molecule has 23 heavy (non-hydrogen) atoms. The van der Waals surface area contributed by atoms with Gasteiger partial charge in [-0.25, -0.2) is 0 Å². The predicted octanol–water partition coefficient (Wildman–Crippen LogP) is 2.60. The summed E-state index contributed by atoms with van der Waals surface area (Å²) in [5.41, 5.74) is 0.471. The number of hydrogen-bond acceptors (Lipinski definition) is 4. The normalized spacial score (nSPS) is 10.2. The number of hydrogen-bond donors (Lipinski definition) is 0. The fourth-order valence-corrected chi connectivity index (χ4v) is 3.04. The van der Waals surface area contributed by atoms with Gasteiger partial charge in [0.2, 0.25) is 0 Å². The number of carbonyl (C=O) groups is 1. The van der Waals surface area contributed by atoms with Crippen LogP contribution in [0.2, 0.25) is 0 Å². The van der Waals surface area contributed by atoms with Gasteiger partial charge in [0.25, 0.3) is 0 Å².